The summed E-state index contributed by atoms with van der Waals surface area (Å²) in [5, 5.41) is 13.9. The van der Waals surface area contributed by atoms with Crippen molar-refractivity contribution in [2.24, 2.45) is 17.8 Å². The summed E-state index contributed by atoms with van der Waals surface area (Å²) in [6.45, 7) is 5.20. The van der Waals surface area contributed by atoms with Crippen LogP contribution >= 0.6 is 0 Å². The fourth-order valence-electron chi connectivity index (χ4n) is 6.44. The van der Waals surface area contributed by atoms with Gasteiger partial charge in [-0.25, -0.2) is 9.50 Å². The minimum Gasteiger partial charge on any atom is -0.492 e. The fourth-order valence-corrected chi connectivity index (χ4v) is 6.44. The van der Waals surface area contributed by atoms with Crippen molar-refractivity contribution in [1.82, 2.24) is 19.5 Å². The lowest BCUT2D eigenvalue weighted by Crippen LogP contribution is -2.48. The second-order valence-corrected chi connectivity index (χ2v) is 10.6. The van der Waals surface area contributed by atoms with Crippen LogP contribution in [0.3, 0.4) is 0 Å². The Hall–Kier alpha value is -4.04. The van der Waals surface area contributed by atoms with Gasteiger partial charge >= 0.3 is 0 Å². The van der Waals surface area contributed by atoms with Crippen molar-refractivity contribution in [3.63, 3.8) is 0 Å². The molecule has 2 unspecified atom stereocenters. The molecule has 3 aromatic rings. The number of ether oxygens (including phenoxy) is 1. The predicted molar refractivity (Wildman–Crippen MR) is 144 cm³/mol. The molecule has 3 aromatic heterocycles. The fraction of sp³-hybridized carbons (Fsp3) is 0.467. The number of amides is 1. The molecule has 0 aromatic carbocycles. The second-order valence-electron chi connectivity index (χ2n) is 10.6. The molecule has 38 heavy (non-hydrogen) atoms. The highest BCUT2D eigenvalue weighted by atomic mass is 16.5. The summed E-state index contributed by atoms with van der Waals surface area (Å²) in [5.74, 6) is 9.87. The number of aromatic nitrogens is 3. The van der Waals surface area contributed by atoms with Crippen LogP contribution in [-0.4, -0.2) is 58.2 Å². The van der Waals surface area contributed by atoms with Crippen LogP contribution in [0.15, 0.2) is 36.8 Å². The number of nitriles is 1. The van der Waals surface area contributed by atoms with Gasteiger partial charge in [0.05, 0.1) is 30.1 Å². The molecular formula is C30H32N6O2. The summed E-state index contributed by atoms with van der Waals surface area (Å²) < 4.78 is 7.40. The number of carbonyl (C=O) groups excluding carboxylic acids is 1. The SMILES string of the molecule is CCOc1cc(-c2ccc(N3CCN(C(=O)C#CC4CC5CCCC5C4)CC3)nc2)c2c(C#N)cnn2c1. The molecule has 0 N–H and O–H groups in total. The third-order valence-electron chi connectivity index (χ3n) is 8.34. The molecule has 6 rings (SSSR count). The number of pyridine rings is 2. The summed E-state index contributed by atoms with van der Waals surface area (Å²) >= 11 is 0. The first kappa shape index (κ1) is 24.3. The highest BCUT2D eigenvalue weighted by Gasteiger charge is 2.36. The molecule has 1 saturated heterocycles. The van der Waals surface area contributed by atoms with Gasteiger partial charge in [-0.2, -0.15) is 10.4 Å². The van der Waals surface area contributed by atoms with Gasteiger partial charge < -0.3 is 14.5 Å². The van der Waals surface area contributed by atoms with E-state index in [9.17, 15) is 10.1 Å². The Morgan fingerprint density at radius 2 is 1.92 bits per heavy atom. The van der Waals surface area contributed by atoms with Crippen molar-refractivity contribution >= 4 is 17.2 Å². The van der Waals surface area contributed by atoms with Crippen LogP contribution in [0, 0.1) is 40.9 Å². The van der Waals surface area contributed by atoms with Gasteiger partial charge in [0.2, 0.25) is 0 Å². The summed E-state index contributed by atoms with van der Waals surface area (Å²) in [4.78, 5) is 21.5. The largest absolute Gasteiger partial charge is 0.492 e. The van der Waals surface area contributed by atoms with E-state index in [0.29, 0.717) is 36.9 Å². The maximum Gasteiger partial charge on any atom is 0.298 e. The highest BCUT2D eigenvalue weighted by molar-refractivity contribution is 5.93. The van der Waals surface area contributed by atoms with Gasteiger partial charge in [0.15, 0.2) is 0 Å². The molecule has 2 atom stereocenters. The molecule has 0 bridgehead atoms. The Morgan fingerprint density at radius 3 is 2.61 bits per heavy atom. The molecule has 194 valence electrons. The number of hydrogen-bond acceptors (Lipinski definition) is 6. The molecule has 2 aliphatic carbocycles. The number of rotatable bonds is 4. The van der Waals surface area contributed by atoms with E-state index < -0.39 is 0 Å². The van der Waals surface area contributed by atoms with Crippen molar-refractivity contribution in [3.8, 4) is 34.8 Å². The topological polar surface area (TPSA) is 86.8 Å². The molecule has 3 aliphatic rings. The Kier molecular flexibility index (Phi) is 6.64. The van der Waals surface area contributed by atoms with Crippen molar-refractivity contribution in [2.45, 2.75) is 39.0 Å². The molecule has 8 nitrogen and oxygen atoms in total. The number of anilines is 1. The van der Waals surface area contributed by atoms with Crippen LogP contribution in [0.1, 0.15) is 44.6 Å². The summed E-state index contributed by atoms with van der Waals surface area (Å²) in [6, 6.07) is 8.17. The van der Waals surface area contributed by atoms with E-state index in [1.54, 1.807) is 16.9 Å². The van der Waals surface area contributed by atoms with Crippen LogP contribution in [0.5, 0.6) is 5.75 Å². The molecule has 0 spiro atoms. The van der Waals surface area contributed by atoms with Gasteiger partial charge in [0.25, 0.3) is 5.91 Å². The van der Waals surface area contributed by atoms with Crippen molar-refractivity contribution in [2.75, 3.05) is 37.7 Å². The maximum absolute atomic E-state index is 12.7. The molecule has 4 heterocycles. The van der Waals surface area contributed by atoms with E-state index in [4.69, 9.17) is 9.72 Å². The van der Waals surface area contributed by atoms with Crippen LogP contribution in [0.25, 0.3) is 16.6 Å². The number of hydrogen-bond donors (Lipinski definition) is 0. The zero-order valence-corrected chi connectivity index (χ0v) is 21.8. The van der Waals surface area contributed by atoms with Crippen molar-refractivity contribution < 1.29 is 9.53 Å². The smallest absolute Gasteiger partial charge is 0.298 e. The molecule has 8 heteroatoms. The summed E-state index contributed by atoms with van der Waals surface area (Å²) in [7, 11) is 0. The average molecular weight is 509 g/mol. The van der Waals surface area contributed by atoms with E-state index in [0.717, 1.165) is 47.4 Å². The van der Waals surface area contributed by atoms with Crippen LogP contribution in [0.2, 0.25) is 0 Å². The number of fused-ring (bicyclic) bond motifs is 2. The average Bonchev–Trinajstić information content (AvgIpc) is 3.67. The molecule has 0 radical (unpaired) electrons. The summed E-state index contributed by atoms with van der Waals surface area (Å²) in [6.07, 6.45) is 11.6. The molecule has 1 aliphatic heterocycles. The first-order valence-corrected chi connectivity index (χ1v) is 13.7. The lowest BCUT2D eigenvalue weighted by molar-refractivity contribution is -0.125. The van der Waals surface area contributed by atoms with Gasteiger partial charge in [-0.3, -0.25) is 4.79 Å². The van der Waals surface area contributed by atoms with E-state index in [-0.39, 0.29) is 5.91 Å². The van der Waals surface area contributed by atoms with Crippen LogP contribution in [-0.2, 0) is 4.79 Å². The van der Waals surface area contributed by atoms with Gasteiger partial charge in [0, 0.05) is 49.4 Å². The number of piperazine rings is 1. The number of nitrogens with zero attached hydrogens (tertiary/aromatic N) is 6. The number of carbonyl (C=O) groups is 1. The standard InChI is InChI=1S/C30H32N6O2/c1-2-38-26-16-27(30-25(17-31)19-33-36(30)20-26)24-7-8-28(32-18-24)34-10-12-35(13-11-34)29(37)9-6-21-14-22-4-3-5-23(22)15-21/h7-8,16,18-23H,2-5,10-15H2,1H3. The van der Waals surface area contributed by atoms with E-state index in [1.807, 2.05) is 36.2 Å². The quantitative estimate of drug-likeness (QED) is 0.492. The maximum atomic E-state index is 12.7. The molecule has 1 amide bonds. The zero-order chi connectivity index (χ0) is 26.1. The van der Waals surface area contributed by atoms with E-state index >= 15 is 0 Å². The third kappa shape index (κ3) is 4.67. The monoisotopic (exact) mass is 508 g/mol. The normalized spacial score (nSPS) is 22.6. The van der Waals surface area contributed by atoms with Gasteiger partial charge in [0.1, 0.15) is 17.6 Å². The Morgan fingerprint density at radius 1 is 1.13 bits per heavy atom. The highest BCUT2D eigenvalue weighted by Crippen LogP contribution is 2.46. The van der Waals surface area contributed by atoms with Gasteiger partial charge in [-0.05, 0) is 55.7 Å². The summed E-state index contributed by atoms with van der Waals surface area (Å²) in [5.41, 5.74) is 2.98. The van der Waals surface area contributed by atoms with Crippen LogP contribution < -0.4 is 9.64 Å². The zero-order valence-electron chi connectivity index (χ0n) is 21.8. The van der Waals surface area contributed by atoms with Crippen molar-refractivity contribution in [3.05, 3.63) is 42.4 Å². The van der Waals surface area contributed by atoms with E-state index in [2.05, 4.69) is 27.9 Å². The first-order valence-electron chi connectivity index (χ1n) is 13.7. The molecular weight excluding hydrogens is 476 g/mol. The van der Waals surface area contributed by atoms with Gasteiger partial charge in [-0.1, -0.05) is 25.2 Å². The lowest BCUT2D eigenvalue weighted by atomic mass is 10.0. The van der Waals surface area contributed by atoms with Crippen molar-refractivity contribution in [1.29, 1.82) is 5.26 Å². The second kappa shape index (κ2) is 10.4. The molecule has 2 saturated carbocycles. The lowest BCUT2D eigenvalue weighted by Gasteiger charge is -2.34. The first-order chi connectivity index (χ1) is 18.6. The molecule has 3 fully saturated rings. The Balaban J connectivity index is 1.11. The minimum absolute atomic E-state index is 0.0442. The Labute approximate surface area is 223 Å². The Bertz CT molecular complexity index is 1420. The van der Waals surface area contributed by atoms with E-state index in [1.165, 1.54) is 32.1 Å². The minimum atomic E-state index is -0.0442. The van der Waals surface area contributed by atoms with Crippen LogP contribution in [0.4, 0.5) is 5.82 Å². The predicted octanol–water partition coefficient (Wildman–Crippen LogP) is 4.14. The van der Waals surface area contributed by atoms with Gasteiger partial charge in [-0.15, -0.1) is 0 Å². The third-order valence-corrected chi connectivity index (χ3v) is 8.34.